The number of rotatable bonds is 8. The smallest absolute Gasteiger partial charge is 0.407 e. The van der Waals surface area contributed by atoms with Crippen molar-refractivity contribution in [2.75, 3.05) is 31.7 Å². The van der Waals surface area contributed by atoms with Crippen LogP contribution in [0.15, 0.2) is 30.3 Å². The van der Waals surface area contributed by atoms with Crippen LogP contribution in [0, 0.1) is 24.2 Å². The minimum absolute atomic E-state index is 0.0301. The summed E-state index contributed by atoms with van der Waals surface area (Å²) in [5, 5.41) is 6.72. The van der Waals surface area contributed by atoms with Crippen molar-refractivity contribution in [3.05, 3.63) is 51.9 Å². The van der Waals surface area contributed by atoms with E-state index in [0.29, 0.717) is 25.5 Å². The Labute approximate surface area is 211 Å². The van der Waals surface area contributed by atoms with Gasteiger partial charge in [0.05, 0.1) is 12.2 Å². The second-order valence-corrected chi connectivity index (χ2v) is 10.7. The normalized spacial score (nSPS) is 18.7. The van der Waals surface area contributed by atoms with Gasteiger partial charge in [-0.25, -0.2) is 4.79 Å². The molecule has 2 amide bonds. The second kappa shape index (κ2) is 12.2. The molecule has 0 saturated carbocycles. The Kier molecular flexibility index (Phi) is 8.84. The van der Waals surface area contributed by atoms with Gasteiger partial charge in [0.2, 0.25) is 5.91 Å². The number of nitrogens with one attached hydrogen (secondary N) is 2. The van der Waals surface area contributed by atoms with Gasteiger partial charge in [-0.05, 0) is 61.0 Å². The molecule has 2 aromatic rings. The molecule has 1 aliphatic heterocycles. The Bertz CT molecular complexity index is 1050. The highest BCUT2D eigenvalue weighted by Crippen LogP contribution is 2.39. The number of alkyl carbamates (subject to hydrolysis) is 1. The van der Waals surface area contributed by atoms with Crippen molar-refractivity contribution in [2.45, 2.75) is 51.4 Å². The highest BCUT2D eigenvalue weighted by Gasteiger charge is 2.27. The predicted molar refractivity (Wildman–Crippen MR) is 139 cm³/mol. The van der Waals surface area contributed by atoms with Gasteiger partial charge in [0.15, 0.2) is 0 Å². The van der Waals surface area contributed by atoms with Crippen molar-refractivity contribution in [3.8, 4) is 12.3 Å². The first-order valence-corrected chi connectivity index (χ1v) is 13.3. The number of hydrogen-bond acceptors (Lipinski definition) is 5. The summed E-state index contributed by atoms with van der Waals surface area (Å²) in [5.41, 5.74) is 3.10. The maximum atomic E-state index is 12.8. The number of terminal acetylenes is 1. The third kappa shape index (κ3) is 6.87. The Morgan fingerprint density at radius 2 is 1.97 bits per heavy atom. The molecule has 2 unspecified atom stereocenters. The molecule has 1 aliphatic carbocycles. The van der Waals surface area contributed by atoms with E-state index in [-0.39, 0.29) is 23.8 Å². The fourth-order valence-corrected chi connectivity index (χ4v) is 6.16. The molecule has 1 fully saturated rings. The summed E-state index contributed by atoms with van der Waals surface area (Å²) in [6.45, 7) is 4.61. The Morgan fingerprint density at radius 3 is 2.71 bits per heavy atom. The fourth-order valence-electron chi connectivity index (χ4n) is 4.82. The van der Waals surface area contributed by atoms with Gasteiger partial charge in [0, 0.05) is 31.1 Å². The minimum atomic E-state index is -0.349. The lowest BCUT2D eigenvalue weighted by molar-refractivity contribution is -0.116. The maximum absolute atomic E-state index is 12.8. The van der Waals surface area contributed by atoms with Crippen LogP contribution in [0.1, 0.15) is 60.1 Å². The van der Waals surface area contributed by atoms with Crippen molar-refractivity contribution < 1.29 is 19.1 Å². The fraction of sp³-hybridized carbons (Fsp3) is 0.500. The van der Waals surface area contributed by atoms with Crippen LogP contribution in [0.25, 0.3) is 0 Å². The van der Waals surface area contributed by atoms with Gasteiger partial charge in [-0.2, -0.15) is 0 Å². The molecule has 1 saturated heterocycles. The zero-order chi connectivity index (χ0) is 24.6. The van der Waals surface area contributed by atoms with Crippen molar-refractivity contribution in [1.82, 2.24) is 5.32 Å². The summed E-state index contributed by atoms with van der Waals surface area (Å²) < 4.78 is 10.9. The van der Waals surface area contributed by atoms with Crippen LogP contribution in [0.5, 0.6) is 0 Å². The molecule has 4 rings (SSSR count). The number of anilines is 1. The molecule has 2 atom stereocenters. The van der Waals surface area contributed by atoms with E-state index in [9.17, 15) is 9.59 Å². The molecular weight excluding hydrogens is 460 g/mol. The second-order valence-electron chi connectivity index (χ2n) is 9.56. The van der Waals surface area contributed by atoms with Crippen LogP contribution in [0.2, 0.25) is 0 Å². The van der Waals surface area contributed by atoms with Crippen LogP contribution in [0.4, 0.5) is 9.80 Å². The first-order chi connectivity index (χ1) is 17.0. The molecule has 6 nitrogen and oxygen atoms in total. The SMILES string of the molecule is C#Cc1c(NC(=O)CC(C)c2ccccc2)sc2c1CCC(COC(=O)NCC1CCOCC1)C2. The summed E-state index contributed by atoms with van der Waals surface area (Å²) in [6, 6.07) is 10.0. The van der Waals surface area contributed by atoms with E-state index in [1.54, 1.807) is 11.3 Å². The van der Waals surface area contributed by atoms with Crippen molar-refractivity contribution >= 4 is 28.3 Å². The van der Waals surface area contributed by atoms with Crippen LogP contribution >= 0.6 is 11.3 Å². The Hall–Kier alpha value is -2.82. The summed E-state index contributed by atoms with van der Waals surface area (Å²) in [5.74, 6) is 3.61. The quantitative estimate of drug-likeness (QED) is 0.500. The lowest BCUT2D eigenvalue weighted by Crippen LogP contribution is -2.33. The van der Waals surface area contributed by atoms with Crippen molar-refractivity contribution in [3.63, 3.8) is 0 Å². The summed E-state index contributed by atoms with van der Waals surface area (Å²) in [4.78, 5) is 26.1. The molecular formula is C28H34N2O4S. The summed E-state index contributed by atoms with van der Waals surface area (Å²) in [7, 11) is 0. The lowest BCUT2D eigenvalue weighted by Gasteiger charge is -2.23. The molecule has 0 spiro atoms. The first-order valence-electron chi connectivity index (χ1n) is 12.5. The molecule has 35 heavy (non-hydrogen) atoms. The molecule has 0 bridgehead atoms. The molecule has 2 heterocycles. The van der Waals surface area contributed by atoms with E-state index < -0.39 is 0 Å². The largest absolute Gasteiger partial charge is 0.449 e. The number of thiophene rings is 1. The van der Waals surface area contributed by atoms with Crippen LogP contribution in [0.3, 0.4) is 0 Å². The molecule has 2 aliphatic rings. The van der Waals surface area contributed by atoms with E-state index in [1.807, 2.05) is 30.3 Å². The predicted octanol–water partition coefficient (Wildman–Crippen LogP) is 5.12. The van der Waals surface area contributed by atoms with Crippen molar-refractivity contribution in [2.24, 2.45) is 11.8 Å². The highest BCUT2D eigenvalue weighted by atomic mass is 32.1. The number of fused-ring (bicyclic) bond motifs is 1. The maximum Gasteiger partial charge on any atom is 0.407 e. The van der Waals surface area contributed by atoms with Crippen LogP contribution < -0.4 is 10.6 Å². The van der Waals surface area contributed by atoms with Gasteiger partial charge in [0.1, 0.15) is 5.00 Å². The highest BCUT2D eigenvalue weighted by molar-refractivity contribution is 7.16. The molecule has 2 N–H and O–H groups in total. The molecule has 1 aromatic carbocycles. The number of benzene rings is 1. The van der Waals surface area contributed by atoms with Gasteiger partial charge in [-0.15, -0.1) is 17.8 Å². The van der Waals surface area contributed by atoms with Gasteiger partial charge in [-0.3, -0.25) is 4.79 Å². The zero-order valence-electron chi connectivity index (χ0n) is 20.3. The average Bonchev–Trinajstić information content (AvgIpc) is 3.23. The van der Waals surface area contributed by atoms with E-state index in [1.165, 1.54) is 4.88 Å². The standard InChI is InChI=1S/C28H34N2O4S/c1-3-23-24-10-9-21(18-34-28(32)29-17-20-11-13-33-14-12-20)16-25(24)35-27(23)30-26(31)15-19(2)22-7-5-4-6-8-22/h1,4-8,19-21H,9-18H2,2H3,(H,29,32)(H,30,31). The average molecular weight is 495 g/mol. The number of ether oxygens (including phenoxy) is 2. The third-order valence-corrected chi connectivity index (χ3v) is 8.12. The zero-order valence-corrected chi connectivity index (χ0v) is 21.1. The first kappa shape index (κ1) is 25.3. The van der Waals surface area contributed by atoms with Crippen LogP contribution in [-0.2, 0) is 27.1 Å². The third-order valence-electron chi connectivity index (χ3n) is 6.95. The summed E-state index contributed by atoms with van der Waals surface area (Å²) >= 11 is 1.56. The van der Waals surface area contributed by atoms with E-state index >= 15 is 0 Å². The monoisotopic (exact) mass is 494 g/mol. The Morgan fingerprint density at radius 1 is 1.20 bits per heavy atom. The number of carbonyl (C=O) groups excluding carboxylic acids is 2. The van der Waals surface area contributed by atoms with Crippen LogP contribution in [-0.4, -0.2) is 38.4 Å². The van der Waals surface area contributed by atoms with E-state index in [0.717, 1.165) is 67.0 Å². The van der Waals surface area contributed by atoms with Gasteiger partial charge in [0.25, 0.3) is 0 Å². The Balaban J connectivity index is 1.28. The molecule has 7 heteroatoms. The molecule has 0 radical (unpaired) electrons. The topological polar surface area (TPSA) is 76.7 Å². The van der Waals surface area contributed by atoms with E-state index in [2.05, 4.69) is 23.5 Å². The van der Waals surface area contributed by atoms with Gasteiger partial charge < -0.3 is 20.1 Å². The van der Waals surface area contributed by atoms with E-state index in [4.69, 9.17) is 15.9 Å². The molecule has 186 valence electrons. The molecule has 1 aromatic heterocycles. The van der Waals surface area contributed by atoms with Crippen molar-refractivity contribution in [1.29, 1.82) is 0 Å². The number of carbonyl (C=O) groups is 2. The van der Waals surface area contributed by atoms with Gasteiger partial charge in [-0.1, -0.05) is 43.2 Å². The lowest BCUT2D eigenvalue weighted by atomic mass is 9.87. The van der Waals surface area contributed by atoms with Gasteiger partial charge >= 0.3 is 6.09 Å². The number of hydrogen-bond donors (Lipinski definition) is 2. The summed E-state index contributed by atoms with van der Waals surface area (Å²) in [6.07, 6.45) is 10.4. The minimum Gasteiger partial charge on any atom is -0.449 e. The number of amides is 2.